The molecule has 1 aromatic carbocycles. The predicted octanol–water partition coefficient (Wildman–Crippen LogP) is 1.89. The topological polar surface area (TPSA) is 86.1 Å². The van der Waals surface area contributed by atoms with Gasteiger partial charge in [-0.15, -0.1) is 0 Å². The van der Waals surface area contributed by atoms with E-state index in [0.717, 1.165) is 0 Å². The van der Waals surface area contributed by atoms with E-state index in [2.05, 4.69) is 15.3 Å². The molecule has 24 heavy (non-hydrogen) atoms. The molecule has 0 bridgehead atoms. The van der Waals surface area contributed by atoms with Crippen molar-refractivity contribution in [3.8, 4) is 11.4 Å². The molecule has 1 N–H and O–H groups in total. The van der Waals surface area contributed by atoms with E-state index in [4.69, 9.17) is 4.74 Å². The number of nitrogens with one attached hydrogen (secondary N) is 1. The first-order chi connectivity index (χ1) is 11.7. The molecule has 0 saturated heterocycles. The number of carbonyl (C=O) groups excluding carboxylic acids is 1. The lowest BCUT2D eigenvalue weighted by molar-refractivity contribution is 0.102. The predicted molar refractivity (Wildman–Crippen MR) is 88.6 cm³/mol. The normalized spacial score (nSPS) is 10.2. The number of pyridine rings is 1. The van der Waals surface area contributed by atoms with Crippen LogP contribution in [0.15, 0.2) is 65.8 Å². The third-order valence-electron chi connectivity index (χ3n) is 3.32. The van der Waals surface area contributed by atoms with E-state index in [-0.39, 0.29) is 11.5 Å². The highest BCUT2D eigenvalue weighted by Gasteiger charge is 2.12. The van der Waals surface area contributed by atoms with E-state index in [1.807, 2.05) is 0 Å². The average molecular weight is 322 g/mol. The molecule has 0 unspecified atom stereocenters. The van der Waals surface area contributed by atoms with Crippen molar-refractivity contribution in [2.45, 2.75) is 0 Å². The Morgan fingerprint density at radius 1 is 1.08 bits per heavy atom. The Morgan fingerprint density at radius 3 is 2.54 bits per heavy atom. The van der Waals surface area contributed by atoms with Crippen molar-refractivity contribution in [3.05, 3.63) is 77.1 Å². The number of aromatic nitrogens is 3. The third kappa shape index (κ3) is 3.14. The number of rotatable bonds is 4. The zero-order valence-corrected chi connectivity index (χ0v) is 12.8. The van der Waals surface area contributed by atoms with Crippen LogP contribution in [0.25, 0.3) is 5.69 Å². The van der Waals surface area contributed by atoms with Crippen LogP contribution in [0.4, 0.5) is 5.82 Å². The monoisotopic (exact) mass is 322 g/mol. The van der Waals surface area contributed by atoms with Crippen molar-refractivity contribution >= 4 is 11.7 Å². The number of carbonyl (C=O) groups is 1. The van der Waals surface area contributed by atoms with E-state index in [1.165, 1.54) is 23.2 Å². The van der Waals surface area contributed by atoms with Gasteiger partial charge in [0.05, 0.1) is 7.11 Å². The number of methoxy groups -OCH3 is 1. The maximum absolute atomic E-state index is 12.5. The lowest BCUT2D eigenvalue weighted by Gasteiger charge is -2.09. The van der Waals surface area contributed by atoms with Gasteiger partial charge in [0.15, 0.2) is 5.82 Å². The summed E-state index contributed by atoms with van der Waals surface area (Å²) >= 11 is 0. The fraction of sp³-hybridized carbons (Fsp3) is 0.0588. The molecule has 0 atom stereocenters. The van der Waals surface area contributed by atoms with Gasteiger partial charge in [-0.2, -0.15) is 0 Å². The van der Waals surface area contributed by atoms with Crippen molar-refractivity contribution in [2.75, 3.05) is 12.4 Å². The van der Waals surface area contributed by atoms with E-state index >= 15 is 0 Å². The molecule has 3 aromatic rings. The van der Waals surface area contributed by atoms with Crippen LogP contribution in [0.5, 0.6) is 5.75 Å². The van der Waals surface area contributed by atoms with Crippen molar-refractivity contribution in [3.63, 3.8) is 0 Å². The largest absolute Gasteiger partial charge is 0.497 e. The number of nitrogens with zero attached hydrogens (tertiary/aromatic N) is 3. The summed E-state index contributed by atoms with van der Waals surface area (Å²) in [5.74, 6) is 0.126. The van der Waals surface area contributed by atoms with Gasteiger partial charge in [0.2, 0.25) is 0 Å². The molecule has 2 heterocycles. The van der Waals surface area contributed by atoms with Crippen LogP contribution < -0.4 is 15.6 Å². The highest BCUT2D eigenvalue weighted by atomic mass is 16.5. The van der Waals surface area contributed by atoms with Crippen LogP contribution in [-0.4, -0.2) is 27.6 Å². The van der Waals surface area contributed by atoms with Gasteiger partial charge in [-0.1, -0.05) is 6.07 Å². The summed E-state index contributed by atoms with van der Waals surface area (Å²) in [7, 11) is 1.57. The van der Waals surface area contributed by atoms with Crippen LogP contribution in [0.3, 0.4) is 0 Å². The van der Waals surface area contributed by atoms with Gasteiger partial charge >= 0.3 is 0 Å². The van der Waals surface area contributed by atoms with Gasteiger partial charge in [0.1, 0.15) is 11.4 Å². The summed E-state index contributed by atoms with van der Waals surface area (Å²) in [6, 6.07) is 11.9. The van der Waals surface area contributed by atoms with Crippen LogP contribution in [0, 0.1) is 0 Å². The molecule has 7 heteroatoms. The fourth-order valence-corrected chi connectivity index (χ4v) is 2.11. The van der Waals surface area contributed by atoms with Crippen LogP contribution in [0.2, 0.25) is 0 Å². The molecular weight excluding hydrogens is 308 g/mol. The second-order valence-electron chi connectivity index (χ2n) is 4.82. The highest BCUT2D eigenvalue weighted by Crippen LogP contribution is 2.13. The Morgan fingerprint density at radius 2 is 1.88 bits per heavy atom. The second kappa shape index (κ2) is 6.74. The summed E-state index contributed by atoms with van der Waals surface area (Å²) in [5.41, 5.74) is 0.405. The van der Waals surface area contributed by atoms with Gasteiger partial charge in [0, 0.05) is 24.3 Å². The first-order valence-corrected chi connectivity index (χ1v) is 7.13. The second-order valence-corrected chi connectivity index (χ2v) is 4.82. The minimum atomic E-state index is -0.493. The molecule has 0 aliphatic heterocycles. The van der Waals surface area contributed by atoms with E-state index in [0.29, 0.717) is 11.4 Å². The van der Waals surface area contributed by atoms with Gasteiger partial charge in [-0.25, -0.2) is 4.98 Å². The molecule has 0 aliphatic rings. The average Bonchev–Trinajstić information content (AvgIpc) is 2.64. The van der Waals surface area contributed by atoms with E-state index in [9.17, 15) is 9.59 Å². The van der Waals surface area contributed by atoms with E-state index in [1.54, 1.807) is 49.6 Å². The summed E-state index contributed by atoms with van der Waals surface area (Å²) in [4.78, 5) is 32.5. The van der Waals surface area contributed by atoms with Crippen LogP contribution >= 0.6 is 0 Å². The Hall–Kier alpha value is -3.48. The Kier molecular flexibility index (Phi) is 4.33. The standard InChI is InChI=1S/C17H14N4O3/c1-24-13-7-5-12(6-8-13)21-11-10-19-15(17(21)23)20-16(22)14-4-2-3-9-18-14/h2-11H,1H3,(H,19,20,22). The summed E-state index contributed by atoms with van der Waals surface area (Å²) in [5, 5.41) is 2.49. The molecule has 0 saturated carbocycles. The summed E-state index contributed by atoms with van der Waals surface area (Å²) in [6.45, 7) is 0. The van der Waals surface area contributed by atoms with Gasteiger partial charge in [0.25, 0.3) is 11.5 Å². The molecule has 3 rings (SSSR count). The molecule has 2 aromatic heterocycles. The zero-order chi connectivity index (χ0) is 16.9. The lowest BCUT2D eigenvalue weighted by atomic mass is 10.3. The minimum Gasteiger partial charge on any atom is -0.497 e. The van der Waals surface area contributed by atoms with Crippen molar-refractivity contribution in [1.82, 2.24) is 14.5 Å². The van der Waals surface area contributed by atoms with Gasteiger partial charge < -0.3 is 10.1 Å². The number of benzene rings is 1. The molecule has 0 fully saturated rings. The highest BCUT2D eigenvalue weighted by molar-refractivity contribution is 6.02. The Labute approximate surface area is 137 Å². The first-order valence-electron chi connectivity index (χ1n) is 7.13. The Balaban J connectivity index is 1.91. The minimum absolute atomic E-state index is 0.0658. The number of amides is 1. The smallest absolute Gasteiger partial charge is 0.298 e. The molecule has 7 nitrogen and oxygen atoms in total. The van der Waals surface area contributed by atoms with E-state index < -0.39 is 11.5 Å². The summed E-state index contributed by atoms with van der Waals surface area (Å²) in [6.07, 6.45) is 4.48. The molecule has 0 spiro atoms. The third-order valence-corrected chi connectivity index (χ3v) is 3.32. The molecule has 0 radical (unpaired) electrons. The number of hydrogen-bond donors (Lipinski definition) is 1. The van der Waals surface area contributed by atoms with Crippen LogP contribution in [-0.2, 0) is 0 Å². The van der Waals surface area contributed by atoms with Crippen LogP contribution in [0.1, 0.15) is 10.5 Å². The molecule has 120 valence electrons. The molecule has 1 amide bonds. The SMILES string of the molecule is COc1ccc(-n2ccnc(NC(=O)c3ccccn3)c2=O)cc1. The first kappa shape index (κ1) is 15.4. The number of ether oxygens (including phenoxy) is 1. The maximum Gasteiger partial charge on any atom is 0.298 e. The zero-order valence-electron chi connectivity index (χ0n) is 12.8. The van der Waals surface area contributed by atoms with Gasteiger partial charge in [-0.3, -0.25) is 19.1 Å². The van der Waals surface area contributed by atoms with Crippen molar-refractivity contribution in [2.24, 2.45) is 0 Å². The molecule has 0 aliphatic carbocycles. The fourth-order valence-electron chi connectivity index (χ4n) is 2.11. The lowest BCUT2D eigenvalue weighted by Crippen LogP contribution is -2.26. The number of anilines is 1. The Bertz CT molecular complexity index is 905. The maximum atomic E-state index is 12.5. The molecular formula is C17H14N4O3. The summed E-state index contributed by atoms with van der Waals surface area (Å²) < 4.78 is 6.49. The van der Waals surface area contributed by atoms with Gasteiger partial charge in [-0.05, 0) is 36.4 Å². The van der Waals surface area contributed by atoms with Crippen molar-refractivity contribution in [1.29, 1.82) is 0 Å². The van der Waals surface area contributed by atoms with Crippen molar-refractivity contribution < 1.29 is 9.53 Å². The quantitative estimate of drug-likeness (QED) is 0.792. The number of hydrogen-bond acceptors (Lipinski definition) is 5.